The van der Waals surface area contributed by atoms with Crippen LogP contribution in [0.2, 0.25) is 5.02 Å². The first-order valence-corrected chi connectivity index (χ1v) is 5.62. The van der Waals surface area contributed by atoms with Gasteiger partial charge in [0.15, 0.2) is 0 Å². The average molecular weight is 255 g/mol. The van der Waals surface area contributed by atoms with E-state index in [-0.39, 0.29) is 12.4 Å². The summed E-state index contributed by atoms with van der Waals surface area (Å²) >= 11 is 6.06. The maximum atomic E-state index is 11.5. The molecule has 0 aromatic heterocycles. The molecule has 4 nitrogen and oxygen atoms in total. The van der Waals surface area contributed by atoms with Crippen LogP contribution in [0, 0.1) is 0 Å². The number of carbonyl (C=O) groups is 1. The molecular weight excluding hydrogens is 240 g/mol. The first kappa shape index (κ1) is 13.5. The minimum absolute atomic E-state index is 0.0963. The maximum Gasteiger partial charge on any atom is 0.310 e. The van der Waals surface area contributed by atoms with Gasteiger partial charge in [0.05, 0.1) is 13.0 Å². The minimum Gasteiger partial charge on any atom is -0.466 e. The van der Waals surface area contributed by atoms with Crippen LogP contribution in [-0.2, 0) is 16.0 Å². The average Bonchev–Trinajstić information content (AvgIpc) is 2.29. The third-order valence-corrected chi connectivity index (χ3v) is 2.57. The van der Waals surface area contributed by atoms with Gasteiger partial charge in [-0.1, -0.05) is 11.6 Å². The summed E-state index contributed by atoms with van der Waals surface area (Å²) in [6, 6.07) is 3.35. The van der Waals surface area contributed by atoms with Gasteiger partial charge in [-0.15, -0.1) is 0 Å². The molecule has 1 rings (SSSR count). The minimum atomic E-state index is -0.328. The van der Waals surface area contributed by atoms with Crippen molar-refractivity contribution in [1.29, 1.82) is 0 Å². The Kier molecular flexibility index (Phi) is 4.97. The molecule has 1 aromatic rings. The second-order valence-corrected chi connectivity index (χ2v) is 3.81. The van der Waals surface area contributed by atoms with E-state index < -0.39 is 0 Å². The van der Waals surface area contributed by atoms with Crippen LogP contribution in [0.25, 0.3) is 0 Å². The Morgan fingerprint density at radius 1 is 1.59 bits per heavy atom. The maximum absolute atomic E-state index is 11.5. The van der Waals surface area contributed by atoms with Gasteiger partial charge in [-0.2, -0.15) is 0 Å². The molecule has 92 valence electrons. The lowest BCUT2D eigenvalue weighted by Gasteiger charge is -2.10. The van der Waals surface area contributed by atoms with Gasteiger partial charge in [-0.25, -0.2) is 0 Å². The Balaban J connectivity index is 3.11. The number of carbonyl (C=O) groups excluding carboxylic acids is 1. The fraction of sp³-hybridized carbons (Fsp3) is 0.333. The number of hydrogen-bond acceptors (Lipinski definition) is 4. The molecule has 5 heteroatoms. The van der Waals surface area contributed by atoms with Gasteiger partial charge in [-0.05, 0) is 24.6 Å². The zero-order valence-corrected chi connectivity index (χ0v) is 10.6. The number of benzene rings is 1. The van der Waals surface area contributed by atoms with Gasteiger partial charge in [0.2, 0.25) is 0 Å². The number of halogens is 1. The Labute approximate surface area is 105 Å². The highest BCUT2D eigenvalue weighted by atomic mass is 35.5. The molecule has 17 heavy (non-hydrogen) atoms. The van der Waals surface area contributed by atoms with E-state index in [1.54, 1.807) is 32.3 Å². The zero-order chi connectivity index (χ0) is 12.8. The van der Waals surface area contributed by atoms with E-state index >= 15 is 0 Å². The largest absolute Gasteiger partial charge is 0.466 e. The molecule has 0 saturated heterocycles. The highest BCUT2D eigenvalue weighted by Crippen LogP contribution is 2.25. The number of anilines is 1. The number of hydrogen-bond donors (Lipinski definition) is 1. The summed E-state index contributed by atoms with van der Waals surface area (Å²) in [5.41, 5.74) is 7.69. The lowest BCUT2D eigenvalue weighted by atomic mass is 10.0. The summed E-state index contributed by atoms with van der Waals surface area (Å²) in [4.78, 5) is 15.4. The predicted octanol–water partition coefficient (Wildman–Crippen LogP) is 2.08. The molecule has 0 heterocycles. The van der Waals surface area contributed by atoms with Crippen LogP contribution in [0.5, 0.6) is 0 Å². The van der Waals surface area contributed by atoms with Crippen LogP contribution in [-0.4, -0.2) is 25.8 Å². The monoisotopic (exact) mass is 254 g/mol. The summed E-state index contributed by atoms with van der Waals surface area (Å²) in [6.45, 7) is 2.10. The number of nitrogens with zero attached hydrogens (tertiary/aromatic N) is 1. The molecule has 0 aliphatic carbocycles. The fourth-order valence-corrected chi connectivity index (χ4v) is 1.71. The second-order valence-electron chi connectivity index (χ2n) is 3.40. The summed E-state index contributed by atoms with van der Waals surface area (Å²) < 4.78 is 4.89. The zero-order valence-electron chi connectivity index (χ0n) is 9.87. The Morgan fingerprint density at radius 3 is 2.88 bits per heavy atom. The molecule has 0 atom stereocenters. The summed E-state index contributed by atoms with van der Waals surface area (Å²) in [5.74, 6) is -0.328. The normalized spacial score (nSPS) is 10.8. The van der Waals surface area contributed by atoms with E-state index in [9.17, 15) is 4.79 Å². The molecule has 0 spiro atoms. The first-order valence-electron chi connectivity index (χ1n) is 5.24. The van der Waals surface area contributed by atoms with E-state index in [0.717, 1.165) is 0 Å². The van der Waals surface area contributed by atoms with Gasteiger partial charge in [0, 0.05) is 29.5 Å². The third-order valence-electron chi connectivity index (χ3n) is 2.22. The number of aliphatic imine (C=N–C) groups is 1. The fourth-order valence-electron chi connectivity index (χ4n) is 1.47. The molecular formula is C12H15ClN2O2. The molecule has 0 bridgehead atoms. The molecule has 0 unspecified atom stereocenters. The van der Waals surface area contributed by atoms with E-state index in [1.807, 2.05) is 0 Å². The number of nitrogens with two attached hydrogens (primary N) is 1. The molecule has 0 saturated carbocycles. The number of nitrogen functional groups attached to an aromatic ring is 1. The topological polar surface area (TPSA) is 64.7 Å². The Bertz CT molecular complexity index is 444. The smallest absolute Gasteiger partial charge is 0.310 e. The van der Waals surface area contributed by atoms with E-state index in [2.05, 4.69) is 4.99 Å². The van der Waals surface area contributed by atoms with Gasteiger partial charge in [0.25, 0.3) is 0 Å². The SMILES string of the molecule is CCOC(=O)Cc1c(Cl)ccc(N)c1C=NC. The lowest BCUT2D eigenvalue weighted by molar-refractivity contribution is -0.142. The molecule has 0 fully saturated rings. The van der Waals surface area contributed by atoms with Gasteiger partial charge in [-0.3, -0.25) is 9.79 Å². The van der Waals surface area contributed by atoms with Crippen molar-refractivity contribution in [1.82, 2.24) is 0 Å². The molecule has 0 amide bonds. The molecule has 0 aliphatic heterocycles. The van der Waals surface area contributed by atoms with Crippen molar-refractivity contribution in [2.45, 2.75) is 13.3 Å². The van der Waals surface area contributed by atoms with Crippen molar-refractivity contribution in [2.24, 2.45) is 4.99 Å². The number of ether oxygens (including phenoxy) is 1. The molecule has 0 radical (unpaired) electrons. The van der Waals surface area contributed by atoms with Crippen molar-refractivity contribution in [3.63, 3.8) is 0 Å². The van der Waals surface area contributed by atoms with Crippen molar-refractivity contribution in [3.05, 3.63) is 28.3 Å². The van der Waals surface area contributed by atoms with Crippen LogP contribution in [0.3, 0.4) is 0 Å². The Hall–Kier alpha value is -1.55. The Morgan fingerprint density at radius 2 is 2.29 bits per heavy atom. The van der Waals surface area contributed by atoms with E-state index in [1.165, 1.54) is 0 Å². The van der Waals surface area contributed by atoms with Crippen LogP contribution >= 0.6 is 11.6 Å². The summed E-state index contributed by atoms with van der Waals surface area (Å²) in [7, 11) is 1.63. The van der Waals surface area contributed by atoms with E-state index in [0.29, 0.717) is 28.4 Å². The van der Waals surface area contributed by atoms with Gasteiger partial charge >= 0.3 is 5.97 Å². The van der Waals surface area contributed by atoms with Gasteiger partial charge in [0.1, 0.15) is 0 Å². The summed E-state index contributed by atoms with van der Waals surface area (Å²) in [6.07, 6.45) is 1.69. The van der Waals surface area contributed by atoms with Crippen molar-refractivity contribution >= 4 is 29.5 Å². The standard InChI is InChI=1S/C12H15ClN2O2/c1-3-17-12(16)6-8-9(7-15-2)11(14)5-4-10(8)13/h4-5,7H,3,6,14H2,1-2H3. The van der Waals surface area contributed by atoms with Crippen molar-refractivity contribution in [2.75, 3.05) is 19.4 Å². The van der Waals surface area contributed by atoms with Crippen LogP contribution in [0.4, 0.5) is 5.69 Å². The van der Waals surface area contributed by atoms with Crippen LogP contribution in [0.1, 0.15) is 18.1 Å². The molecule has 0 aliphatic rings. The second kappa shape index (κ2) is 6.25. The highest BCUT2D eigenvalue weighted by Gasteiger charge is 2.13. The van der Waals surface area contributed by atoms with Crippen LogP contribution < -0.4 is 5.73 Å². The van der Waals surface area contributed by atoms with Gasteiger partial charge < -0.3 is 10.5 Å². The van der Waals surface area contributed by atoms with Crippen molar-refractivity contribution < 1.29 is 9.53 Å². The quantitative estimate of drug-likeness (QED) is 0.508. The third kappa shape index (κ3) is 3.46. The summed E-state index contributed by atoms with van der Waals surface area (Å²) in [5, 5.41) is 0.488. The van der Waals surface area contributed by atoms with Crippen molar-refractivity contribution in [3.8, 4) is 0 Å². The predicted molar refractivity (Wildman–Crippen MR) is 69.7 cm³/mol. The van der Waals surface area contributed by atoms with E-state index in [4.69, 9.17) is 22.1 Å². The highest BCUT2D eigenvalue weighted by molar-refractivity contribution is 6.32. The first-order chi connectivity index (χ1) is 8.10. The lowest BCUT2D eigenvalue weighted by Crippen LogP contribution is -2.11. The number of rotatable bonds is 4. The molecule has 1 aromatic carbocycles. The number of esters is 1. The van der Waals surface area contributed by atoms with Crippen LogP contribution in [0.15, 0.2) is 17.1 Å². The molecule has 2 N–H and O–H groups in total.